The van der Waals surface area contributed by atoms with Crippen molar-refractivity contribution in [3.63, 3.8) is 0 Å². The number of nitrogens with zero attached hydrogens (tertiary/aromatic N) is 4. The maximum Gasteiger partial charge on any atom is 0.225 e. The van der Waals surface area contributed by atoms with Gasteiger partial charge in [0.05, 0.1) is 5.92 Å². The lowest BCUT2D eigenvalue weighted by molar-refractivity contribution is -0.129. The number of benzene rings is 1. The van der Waals surface area contributed by atoms with Crippen LogP contribution in [-0.4, -0.2) is 44.3 Å². The molecule has 3 aromatic rings. The van der Waals surface area contributed by atoms with E-state index in [2.05, 4.69) is 27.4 Å². The molecule has 0 bridgehead atoms. The third-order valence-corrected chi connectivity index (χ3v) is 5.45. The van der Waals surface area contributed by atoms with E-state index in [-0.39, 0.29) is 24.2 Å². The Morgan fingerprint density at radius 2 is 1.97 bits per heavy atom. The number of pyridine rings is 1. The first-order valence-corrected chi connectivity index (χ1v) is 10.1. The highest BCUT2D eigenvalue weighted by atomic mass is 16.2. The summed E-state index contributed by atoms with van der Waals surface area (Å²) in [5.74, 6) is 1.28. The molecular formula is C23H25N5O2. The summed E-state index contributed by atoms with van der Waals surface area (Å²) < 4.78 is 1.89. The second-order valence-electron chi connectivity index (χ2n) is 7.56. The van der Waals surface area contributed by atoms with Gasteiger partial charge in [0.1, 0.15) is 11.6 Å². The van der Waals surface area contributed by atoms with Gasteiger partial charge in [0.2, 0.25) is 11.8 Å². The minimum absolute atomic E-state index is 0.0489. The van der Waals surface area contributed by atoms with Crippen LogP contribution in [0.4, 0.5) is 0 Å². The molecule has 1 aromatic carbocycles. The number of rotatable bonds is 7. The van der Waals surface area contributed by atoms with Gasteiger partial charge in [0.15, 0.2) is 0 Å². The molecule has 4 rings (SSSR count). The van der Waals surface area contributed by atoms with Gasteiger partial charge in [0.25, 0.3) is 0 Å². The third kappa shape index (κ3) is 4.56. The summed E-state index contributed by atoms with van der Waals surface area (Å²) in [4.78, 5) is 35.3. The number of hydrogen-bond donors (Lipinski definition) is 1. The van der Waals surface area contributed by atoms with Gasteiger partial charge in [-0.2, -0.15) is 0 Å². The maximum atomic E-state index is 12.6. The molecule has 2 aromatic heterocycles. The van der Waals surface area contributed by atoms with Crippen LogP contribution in [0.15, 0.2) is 61.1 Å². The van der Waals surface area contributed by atoms with Crippen LogP contribution in [0.1, 0.15) is 23.4 Å². The summed E-state index contributed by atoms with van der Waals surface area (Å²) >= 11 is 0. The zero-order valence-corrected chi connectivity index (χ0v) is 17.0. The highest BCUT2D eigenvalue weighted by Gasteiger charge is 2.33. The Kier molecular flexibility index (Phi) is 5.88. The van der Waals surface area contributed by atoms with Crippen molar-refractivity contribution in [3.8, 4) is 5.82 Å². The van der Waals surface area contributed by atoms with Crippen molar-refractivity contribution in [1.82, 2.24) is 24.8 Å². The van der Waals surface area contributed by atoms with E-state index in [4.69, 9.17) is 0 Å². The van der Waals surface area contributed by atoms with Crippen molar-refractivity contribution < 1.29 is 9.59 Å². The molecule has 30 heavy (non-hydrogen) atoms. The van der Waals surface area contributed by atoms with Gasteiger partial charge in [-0.25, -0.2) is 9.97 Å². The molecule has 154 valence electrons. The van der Waals surface area contributed by atoms with E-state index in [0.717, 1.165) is 23.6 Å². The number of nitrogens with one attached hydrogen (secondary N) is 1. The van der Waals surface area contributed by atoms with Gasteiger partial charge >= 0.3 is 0 Å². The fourth-order valence-corrected chi connectivity index (χ4v) is 3.73. The average molecular weight is 403 g/mol. The van der Waals surface area contributed by atoms with Crippen molar-refractivity contribution in [2.24, 2.45) is 5.92 Å². The molecular weight excluding hydrogens is 378 g/mol. The molecule has 1 fully saturated rings. The maximum absolute atomic E-state index is 12.6. The fraction of sp³-hybridized carbons (Fsp3) is 0.304. The van der Waals surface area contributed by atoms with Crippen molar-refractivity contribution in [1.29, 1.82) is 0 Å². The largest absolute Gasteiger partial charge is 0.352 e. The molecule has 3 heterocycles. The van der Waals surface area contributed by atoms with Gasteiger partial charge in [-0.3, -0.25) is 14.2 Å². The molecule has 1 atom stereocenters. The van der Waals surface area contributed by atoms with E-state index in [1.807, 2.05) is 48.0 Å². The van der Waals surface area contributed by atoms with Gasteiger partial charge in [-0.1, -0.05) is 30.3 Å². The third-order valence-electron chi connectivity index (χ3n) is 5.45. The van der Waals surface area contributed by atoms with Crippen molar-refractivity contribution in [2.75, 3.05) is 13.1 Å². The number of aryl methyl sites for hydroxylation is 1. The lowest BCUT2D eigenvalue weighted by Crippen LogP contribution is -2.33. The number of imidazole rings is 1. The Balaban J connectivity index is 1.30. The normalized spacial score (nSPS) is 16.1. The molecule has 1 saturated heterocycles. The summed E-state index contributed by atoms with van der Waals surface area (Å²) in [5.41, 5.74) is 2.14. The van der Waals surface area contributed by atoms with Gasteiger partial charge in [0, 0.05) is 44.6 Å². The number of amides is 2. The van der Waals surface area contributed by atoms with E-state index in [9.17, 15) is 9.59 Å². The topological polar surface area (TPSA) is 80.1 Å². The van der Waals surface area contributed by atoms with Crippen LogP contribution >= 0.6 is 0 Å². The molecule has 7 heteroatoms. The first-order valence-electron chi connectivity index (χ1n) is 10.1. The minimum Gasteiger partial charge on any atom is -0.352 e. The van der Waals surface area contributed by atoms with E-state index >= 15 is 0 Å². The first-order chi connectivity index (χ1) is 14.6. The summed E-state index contributed by atoms with van der Waals surface area (Å²) in [7, 11) is 0. The van der Waals surface area contributed by atoms with Crippen molar-refractivity contribution >= 4 is 11.8 Å². The molecule has 1 N–H and O–H groups in total. The van der Waals surface area contributed by atoms with Gasteiger partial charge in [-0.15, -0.1) is 0 Å². The fourth-order valence-electron chi connectivity index (χ4n) is 3.73. The molecule has 0 radical (unpaired) electrons. The number of carbonyl (C=O) groups is 2. The number of carbonyl (C=O) groups excluding carboxylic acids is 2. The summed E-state index contributed by atoms with van der Waals surface area (Å²) in [5, 5.41) is 2.97. The first kappa shape index (κ1) is 19.8. The van der Waals surface area contributed by atoms with Crippen LogP contribution in [0.25, 0.3) is 5.82 Å². The van der Waals surface area contributed by atoms with Crippen LogP contribution in [0.2, 0.25) is 0 Å². The second-order valence-corrected chi connectivity index (χ2v) is 7.56. The molecule has 7 nitrogen and oxygen atoms in total. The van der Waals surface area contributed by atoms with E-state index < -0.39 is 0 Å². The highest BCUT2D eigenvalue weighted by molar-refractivity contribution is 5.89. The molecule has 1 aliphatic rings. The average Bonchev–Trinajstić information content (AvgIpc) is 3.37. The molecule has 1 aliphatic heterocycles. The summed E-state index contributed by atoms with van der Waals surface area (Å²) in [6.07, 6.45) is 6.38. The summed E-state index contributed by atoms with van der Waals surface area (Å²) in [6.45, 7) is 3.44. The highest BCUT2D eigenvalue weighted by Crippen LogP contribution is 2.19. The van der Waals surface area contributed by atoms with E-state index in [1.165, 1.54) is 5.56 Å². The lowest BCUT2D eigenvalue weighted by Gasteiger charge is -2.16. The van der Waals surface area contributed by atoms with Crippen LogP contribution in [0.3, 0.4) is 0 Å². The van der Waals surface area contributed by atoms with Gasteiger partial charge in [-0.05, 0) is 36.6 Å². The number of hydrogen-bond acceptors (Lipinski definition) is 4. The molecule has 2 amide bonds. The summed E-state index contributed by atoms with van der Waals surface area (Å²) in [6, 6.07) is 13.9. The molecule has 0 aliphatic carbocycles. The zero-order chi connectivity index (χ0) is 20.9. The Morgan fingerprint density at radius 1 is 1.13 bits per heavy atom. The molecule has 0 unspecified atom stereocenters. The second kappa shape index (κ2) is 8.90. The van der Waals surface area contributed by atoms with Crippen molar-refractivity contribution in [3.05, 3.63) is 78.0 Å². The SMILES string of the molecule is Cc1nccn1-c1cc(CNC(=O)[C@@H]2CC(=O)N(CCc3ccccc3)C2)ccn1. The van der Waals surface area contributed by atoms with Crippen LogP contribution < -0.4 is 5.32 Å². The number of likely N-dealkylation sites (tertiary alicyclic amines) is 1. The smallest absolute Gasteiger partial charge is 0.225 e. The monoisotopic (exact) mass is 403 g/mol. The van der Waals surface area contributed by atoms with Crippen molar-refractivity contribution in [2.45, 2.75) is 26.3 Å². The molecule has 0 saturated carbocycles. The quantitative estimate of drug-likeness (QED) is 0.656. The van der Waals surface area contributed by atoms with Crippen LogP contribution in [0, 0.1) is 12.8 Å². The lowest BCUT2D eigenvalue weighted by atomic mass is 10.1. The minimum atomic E-state index is -0.300. The predicted octanol–water partition coefficient (Wildman–Crippen LogP) is 2.28. The van der Waals surface area contributed by atoms with Gasteiger partial charge < -0.3 is 10.2 Å². The predicted molar refractivity (Wildman–Crippen MR) is 113 cm³/mol. The Morgan fingerprint density at radius 3 is 2.73 bits per heavy atom. The zero-order valence-electron chi connectivity index (χ0n) is 17.0. The Bertz CT molecular complexity index is 1030. The number of aromatic nitrogens is 3. The molecule has 0 spiro atoms. The Labute approximate surface area is 175 Å². The van der Waals surface area contributed by atoms with E-state index in [1.54, 1.807) is 17.3 Å². The standard InChI is InChI=1S/C23H25N5O2/c1-17-24-10-12-28(17)21-13-19(7-9-25-21)15-26-23(30)20-14-22(29)27(16-20)11-8-18-5-3-2-4-6-18/h2-7,9-10,12-13,20H,8,11,14-16H2,1H3,(H,26,30)/t20-/m1/s1. The van der Waals surface area contributed by atoms with E-state index in [0.29, 0.717) is 19.6 Å². The van der Waals surface area contributed by atoms with Crippen LogP contribution in [-0.2, 0) is 22.6 Å². The van der Waals surface area contributed by atoms with Crippen LogP contribution in [0.5, 0.6) is 0 Å². The Hall–Kier alpha value is -3.48.